The highest BCUT2D eigenvalue weighted by Crippen LogP contribution is 2.22. The number of carboxylic acid groups (broad SMARTS) is 1. The normalized spacial score (nSPS) is 10.2. The summed E-state index contributed by atoms with van der Waals surface area (Å²) in [5.41, 5.74) is 2.15. The van der Waals surface area contributed by atoms with E-state index in [-0.39, 0.29) is 6.42 Å². The van der Waals surface area contributed by atoms with Crippen molar-refractivity contribution in [2.24, 2.45) is 0 Å². The molecule has 3 heteroatoms. The van der Waals surface area contributed by atoms with Crippen LogP contribution >= 0.6 is 0 Å². The Hall–Kier alpha value is -2.29. The first kappa shape index (κ1) is 13.1. The van der Waals surface area contributed by atoms with E-state index in [4.69, 9.17) is 9.84 Å². The van der Waals surface area contributed by atoms with E-state index in [1.165, 1.54) is 5.56 Å². The van der Waals surface area contributed by atoms with Crippen molar-refractivity contribution in [2.45, 2.75) is 19.8 Å². The lowest BCUT2D eigenvalue weighted by Crippen LogP contribution is -1.97. The monoisotopic (exact) mass is 256 g/mol. The minimum absolute atomic E-state index is 0.133. The van der Waals surface area contributed by atoms with E-state index in [0.29, 0.717) is 6.42 Å². The van der Waals surface area contributed by atoms with Gasteiger partial charge in [-0.2, -0.15) is 0 Å². The molecule has 0 unspecified atom stereocenters. The maximum absolute atomic E-state index is 10.5. The molecule has 0 atom stereocenters. The molecule has 19 heavy (non-hydrogen) atoms. The van der Waals surface area contributed by atoms with Crippen LogP contribution in [0, 0.1) is 6.92 Å². The fourth-order valence-electron chi connectivity index (χ4n) is 1.76. The number of carboxylic acids is 1. The Balaban J connectivity index is 2.06. The zero-order valence-electron chi connectivity index (χ0n) is 10.8. The number of ether oxygens (including phenoxy) is 1. The summed E-state index contributed by atoms with van der Waals surface area (Å²) in [5.74, 6) is 0.720. The quantitative estimate of drug-likeness (QED) is 0.885. The highest BCUT2D eigenvalue weighted by atomic mass is 16.5. The average Bonchev–Trinajstić information content (AvgIpc) is 2.40. The van der Waals surface area contributed by atoms with E-state index in [1.807, 2.05) is 55.5 Å². The van der Waals surface area contributed by atoms with Crippen LogP contribution in [0.3, 0.4) is 0 Å². The zero-order valence-corrected chi connectivity index (χ0v) is 10.8. The molecule has 0 aliphatic rings. The largest absolute Gasteiger partial charge is 0.481 e. The van der Waals surface area contributed by atoms with Crippen molar-refractivity contribution in [1.29, 1.82) is 0 Å². The zero-order chi connectivity index (χ0) is 13.7. The summed E-state index contributed by atoms with van der Waals surface area (Å²) in [7, 11) is 0. The standard InChI is InChI=1S/C16H16O3/c1-12-5-8-14(9-6-12)19-15-4-2-3-13(11-15)7-10-16(17)18/h2-6,8-9,11H,7,10H2,1H3,(H,17,18). The van der Waals surface area contributed by atoms with Crippen LogP contribution < -0.4 is 4.74 Å². The van der Waals surface area contributed by atoms with Gasteiger partial charge in [0.15, 0.2) is 0 Å². The number of aliphatic carboxylic acids is 1. The molecule has 1 N–H and O–H groups in total. The van der Waals surface area contributed by atoms with Gasteiger partial charge in [-0.1, -0.05) is 29.8 Å². The van der Waals surface area contributed by atoms with E-state index >= 15 is 0 Å². The maximum atomic E-state index is 10.5. The van der Waals surface area contributed by atoms with Crippen molar-refractivity contribution in [1.82, 2.24) is 0 Å². The number of carbonyl (C=O) groups is 1. The van der Waals surface area contributed by atoms with Gasteiger partial charge in [0.2, 0.25) is 0 Å². The number of benzene rings is 2. The Morgan fingerprint density at radius 2 is 1.84 bits per heavy atom. The molecule has 2 rings (SSSR count). The van der Waals surface area contributed by atoms with Crippen LogP contribution in [0.4, 0.5) is 0 Å². The van der Waals surface area contributed by atoms with Crippen LogP contribution in [0.2, 0.25) is 0 Å². The molecule has 0 amide bonds. The van der Waals surface area contributed by atoms with E-state index in [1.54, 1.807) is 0 Å². The van der Waals surface area contributed by atoms with Crippen molar-refractivity contribution >= 4 is 5.97 Å². The van der Waals surface area contributed by atoms with Crippen molar-refractivity contribution in [3.05, 3.63) is 59.7 Å². The van der Waals surface area contributed by atoms with Gasteiger partial charge in [-0.05, 0) is 43.2 Å². The molecule has 0 heterocycles. The van der Waals surface area contributed by atoms with Gasteiger partial charge in [0.1, 0.15) is 11.5 Å². The van der Waals surface area contributed by atoms with Gasteiger partial charge in [-0.25, -0.2) is 0 Å². The Bertz CT molecular complexity index is 558. The lowest BCUT2D eigenvalue weighted by Gasteiger charge is -2.07. The molecular weight excluding hydrogens is 240 g/mol. The van der Waals surface area contributed by atoms with Crippen LogP contribution in [-0.2, 0) is 11.2 Å². The summed E-state index contributed by atoms with van der Waals surface area (Å²) in [6.07, 6.45) is 0.647. The van der Waals surface area contributed by atoms with Gasteiger partial charge in [0, 0.05) is 6.42 Å². The molecule has 0 fully saturated rings. The summed E-state index contributed by atoms with van der Waals surface area (Å²) in [4.78, 5) is 10.5. The molecule has 0 saturated carbocycles. The predicted molar refractivity (Wildman–Crippen MR) is 73.7 cm³/mol. The third kappa shape index (κ3) is 4.14. The molecule has 0 radical (unpaired) electrons. The van der Waals surface area contributed by atoms with E-state index < -0.39 is 5.97 Å². The lowest BCUT2D eigenvalue weighted by molar-refractivity contribution is -0.136. The molecule has 0 spiro atoms. The first-order chi connectivity index (χ1) is 9.13. The first-order valence-corrected chi connectivity index (χ1v) is 6.19. The molecule has 3 nitrogen and oxygen atoms in total. The summed E-state index contributed by atoms with van der Waals surface area (Å²) in [5, 5.41) is 8.67. The smallest absolute Gasteiger partial charge is 0.303 e. The molecular formula is C16H16O3. The minimum atomic E-state index is -0.787. The van der Waals surface area contributed by atoms with Gasteiger partial charge in [-0.15, -0.1) is 0 Å². The first-order valence-electron chi connectivity index (χ1n) is 6.19. The Kier molecular flexibility index (Phi) is 4.18. The summed E-state index contributed by atoms with van der Waals surface area (Å²) in [6.45, 7) is 2.02. The van der Waals surface area contributed by atoms with Crippen LogP contribution in [-0.4, -0.2) is 11.1 Å². The molecule has 0 saturated heterocycles. The molecule has 98 valence electrons. The second-order valence-corrected chi connectivity index (χ2v) is 4.46. The third-order valence-electron chi connectivity index (χ3n) is 2.78. The highest BCUT2D eigenvalue weighted by molar-refractivity contribution is 5.67. The predicted octanol–water partition coefficient (Wildman–Crippen LogP) is 3.80. The molecule has 0 aromatic heterocycles. The molecule has 2 aromatic rings. The SMILES string of the molecule is Cc1ccc(Oc2cccc(CCC(=O)O)c2)cc1. The molecule has 0 bridgehead atoms. The molecule has 2 aromatic carbocycles. The van der Waals surface area contributed by atoms with E-state index in [2.05, 4.69) is 0 Å². The van der Waals surface area contributed by atoms with Gasteiger partial charge in [-0.3, -0.25) is 4.79 Å². The number of hydrogen-bond donors (Lipinski definition) is 1. The van der Waals surface area contributed by atoms with Crippen LogP contribution in [0.25, 0.3) is 0 Å². The topological polar surface area (TPSA) is 46.5 Å². The Labute approximate surface area is 112 Å². The van der Waals surface area contributed by atoms with E-state index in [9.17, 15) is 4.79 Å². The van der Waals surface area contributed by atoms with Crippen molar-refractivity contribution in [3.8, 4) is 11.5 Å². The Morgan fingerprint density at radius 3 is 2.53 bits per heavy atom. The fraction of sp³-hybridized carbons (Fsp3) is 0.188. The van der Waals surface area contributed by atoms with Crippen LogP contribution in [0.15, 0.2) is 48.5 Å². The number of aryl methyl sites for hydroxylation is 2. The second kappa shape index (κ2) is 6.05. The second-order valence-electron chi connectivity index (χ2n) is 4.46. The van der Waals surface area contributed by atoms with Crippen molar-refractivity contribution in [2.75, 3.05) is 0 Å². The lowest BCUT2D eigenvalue weighted by atomic mass is 10.1. The Morgan fingerprint density at radius 1 is 1.11 bits per heavy atom. The molecule has 0 aliphatic carbocycles. The van der Waals surface area contributed by atoms with Crippen LogP contribution in [0.1, 0.15) is 17.5 Å². The van der Waals surface area contributed by atoms with Crippen LogP contribution in [0.5, 0.6) is 11.5 Å². The number of rotatable bonds is 5. The van der Waals surface area contributed by atoms with E-state index in [0.717, 1.165) is 17.1 Å². The average molecular weight is 256 g/mol. The van der Waals surface area contributed by atoms with Gasteiger partial charge >= 0.3 is 5.97 Å². The summed E-state index contributed by atoms with van der Waals surface area (Å²) < 4.78 is 5.73. The molecule has 0 aliphatic heterocycles. The highest BCUT2D eigenvalue weighted by Gasteiger charge is 2.02. The minimum Gasteiger partial charge on any atom is -0.481 e. The van der Waals surface area contributed by atoms with Gasteiger partial charge in [0.25, 0.3) is 0 Å². The van der Waals surface area contributed by atoms with Crippen molar-refractivity contribution in [3.63, 3.8) is 0 Å². The third-order valence-corrected chi connectivity index (χ3v) is 2.78. The summed E-state index contributed by atoms with van der Waals surface area (Å²) >= 11 is 0. The number of hydrogen-bond acceptors (Lipinski definition) is 2. The summed E-state index contributed by atoms with van der Waals surface area (Å²) in [6, 6.07) is 15.3. The maximum Gasteiger partial charge on any atom is 0.303 e. The van der Waals surface area contributed by atoms with Crippen molar-refractivity contribution < 1.29 is 14.6 Å². The van der Waals surface area contributed by atoms with Gasteiger partial charge in [0.05, 0.1) is 0 Å². The fourth-order valence-corrected chi connectivity index (χ4v) is 1.76. The van der Waals surface area contributed by atoms with Gasteiger partial charge < -0.3 is 9.84 Å².